The van der Waals surface area contributed by atoms with Crippen LogP contribution in [-0.4, -0.2) is 36.1 Å². The van der Waals surface area contributed by atoms with E-state index >= 15 is 0 Å². The zero-order chi connectivity index (χ0) is 22.1. The van der Waals surface area contributed by atoms with Crippen LogP contribution in [0, 0.1) is 0 Å². The van der Waals surface area contributed by atoms with Gasteiger partial charge < -0.3 is 14.4 Å². The number of rotatable bonds is 7. The zero-order valence-corrected chi connectivity index (χ0v) is 18.9. The molecule has 32 heavy (non-hydrogen) atoms. The minimum Gasteiger partial charge on any atom is -0.493 e. The summed E-state index contributed by atoms with van der Waals surface area (Å²) in [6, 6.07) is 19.9. The molecule has 1 aliphatic rings. The Labute approximate surface area is 191 Å². The van der Waals surface area contributed by atoms with Crippen molar-refractivity contribution in [1.29, 1.82) is 0 Å². The van der Waals surface area contributed by atoms with Gasteiger partial charge in [-0.25, -0.2) is 4.98 Å². The largest absolute Gasteiger partial charge is 0.493 e. The maximum atomic E-state index is 13.8. The van der Waals surface area contributed by atoms with Gasteiger partial charge >= 0.3 is 0 Å². The second kappa shape index (κ2) is 8.63. The molecular formula is C26H24N2O3S. The summed E-state index contributed by atoms with van der Waals surface area (Å²) in [7, 11) is 3.23. The van der Waals surface area contributed by atoms with Gasteiger partial charge in [-0.2, -0.15) is 0 Å². The Hall–Kier alpha value is -3.38. The molecule has 4 aromatic rings. The molecule has 0 bridgehead atoms. The third-order valence-corrected chi connectivity index (χ3v) is 6.64. The van der Waals surface area contributed by atoms with E-state index in [4.69, 9.17) is 14.5 Å². The van der Waals surface area contributed by atoms with Gasteiger partial charge in [-0.1, -0.05) is 24.3 Å². The van der Waals surface area contributed by atoms with Crippen molar-refractivity contribution in [1.82, 2.24) is 9.88 Å². The monoisotopic (exact) mass is 444 g/mol. The van der Waals surface area contributed by atoms with Gasteiger partial charge in [-0.3, -0.25) is 4.79 Å². The smallest absolute Gasteiger partial charge is 0.255 e. The molecule has 0 saturated heterocycles. The Kier molecular flexibility index (Phi) is 5.53. The van der Waals surface area contributed by atoms with E-state index in [9.17, 15) is 4.79 Å². The molecule has 0 radical (unpaired) electrons. The highest BCUT2D eigenvalue weighted by Crippen LogP contribution is 2.35. The fraction of sp³-hybridized carbons (Fsp3) is 0.231. The average Bonchev–Trinajstić information content (AvgIpc) is 3.55. The lowest BCUT2D eigenvalue weighted by atomic mass is 10.0. The number of hydrogen-bond acceptors (Lipinski definition) is 5. The number of amides is 1. The first-order valence-corrected chi connectivity index (χ1v) is 11.5. The minimum atomic E-state index is 0.0567. The molecule has 162 valence electrons. The van der Waals surface area contributed by atoms with Crippen molar-refractivity contribution in [2.75, 3.05) is 14.2 Å². The highest BCUT2D eigenvalue weighted by Gasteiger charge is 2.34. The Balaban J connectivity index is 1.60. The van der Waals surface area contributed by atoms with Gasteiger partial charge in [-0.15, -0.1) is 11.3 Å². The first-order chi connectivity index (χ1) is 15.7. The highest BCUT2D eigenvalue weighted by molar-refractivity contribution is 7.09. The molecule has 2 aromatic heterocycles. The first-order valence-electron chi connectivity index (χ1n) is 10.6. The van der Waals surface area contributed by atoms with Crippen molar-refractivity contribution in [3.8, 4) is 22.8 Å². The maximum Gasteiger partial charge on any atom is 0.255 e. The lowest BCUT2D eigenvalue weighted by Crippen LogP contribution is -2.32. The van der Waals surface area contributed by atoms with E-state index in [-0.39, 0.29) is 5.91 Å². The lowest BCUT2D eigenvalue weighted by molar-refractivity contribution is 0.0733. The fourth-order valence-corrected chi connectivity index (χ4v) is 4.68. The van der Waals surface area contributed by atoms with E-state index in [1.807, 2.05) is 59.5 Å². The second-order valence-corrected chi connectivity index (χ2v) is 8.92. The SMILES string of the molecule is COc1ccc(-c2cc(C(=O)N(Cc3cccs3)C3CC3)c3ccccc3n2)cc1OC. The van der Waals surface area contributed by atoms with Crippen molar-refractivity contribution < 1.29 is 14.3 Å². The Morgan fingerprint density at radius 1 is 1.03 bits per heavy atom. The molecule has 6 heteroatoms. The number of carbonyl (C=O) groups excluding carboxylic acids is 1. The third kappa shape index (κ3) is 3.94. The fourth-order valence-electron chi connectivity index (χ4n) is 3.97. The van der Waals surface area contributed by atoms with Crippen molar-refractivity contribution in [3.05, 3.63) is 76.5 Å². The lowest BCUT2D eigenvalue weighted by Gasteiger charge is -2.23. The van der Waals surface area contributed by atoms with Gasteiger partial charge in [0.05, 0.1) is 37.5 Å². The van der Waals surface area contributed by atoms with Crippen molar-refractivity contribution in [2.24, 2.45) is 0 Å². The summed E-state index contributed by atoms with van der Waals surface area (Å²) in [4.78, 5) is 21.9. The van der Waals surface area contributed by atoms with E-state index in [1.54, 1.807) is 25.6 Å². The molecule has 2 aromatic carbocycles. The summed E-state index contributed by atoms with van der Waals surface area (Å²) in [5.74, 6) is 1.34. The molecule has 1 fully saturated rings. The average molecular weight is 445 g/mol. The molecule has 0 unspecified atom stereocenters. The van der Waals surface area contributed by atoms with E-state index in [2.05, 4.69) is 11.4 Å². The number of pyridine rings is 1. The number of ether oxygens (including phenoxy) is 2. The summed E-state index contributed by atoms with van der Waals surface area (Å²) in [5, 5.41) is 2.93. The predicted molar refractivity (Wildman–Crippen MR) is 127 cm³/mol. The molecule has 0 N–H and O–H groups in total. The standard InChI is InChI=1S/C26H24N2O3S/c1-30-24-12-9-17(14-25(24)31-2)23-15-21(20-7-3-4-8-22(20)27-23)26(29)28(18-10-11-18)16-19-6-5-13-32-19/h3-9,12-15,18H,10-11,16H2,1-2H3. The van der Waals surface area contributed by atoms with Gasteiger partial charge in [0, 0.05) is 21.9 Å². The summed E-state index contributed by atoms with van der Waals surface area (Å²) < 4.78 is 10.8. The predicted octanol–water partition coefficient (Wildman–Crippen LogP) is 5.79. The highest BCUT2D eigenvalue weighted by atomic mass is 32.1. The van der Waals surface area contributed by atoms with Gasteiger partial charge in [0.15, 0.2) is 11.5 Å². The van der Waals surface area contributed by atoms with E-state index < -0.39 is 0 Å². The molecular weight excluding hydrogens is 420 g/mol. The van der Waals surface area contributed by atoms with Crippen LogP contribution in [-0.2, 0) is 6.54 Å². The molecule has 0 aliphatic heterocycles. The molecule has 1 amide bonds. The van der Waals surface area contributed by atoms with Gasteiger partial charge in [0.2, 0.25) is 0 Å². The Morgan fingerprint density at radius 3 is 2.56 bits per heavy atom. The Morgan fingerprint density at radius 2 is 1.84 bits per heavy atom. The number of hydrogen-bond donors (Lipinski definition) is 0. The van der Waals surface area contributed by atoms with Gasteiger partial charge in [0.25, 0.3) is 5.91 Å². The van der Waals surface area contributed by atoms with Gasteiger partial charge in [-0.05, 0) is 54.6 Å². The summed E-state index contributed by atoms with van der Waals surface area (Å²) >= 11 is 1.69. The van der Waals surface area contributed by atoms with Crippen molar-refractivity contribution in [2.45, 2.75) is 25.4 Å². The van der Waals surface area contributed by atoms with E-state index in [0.717, 1.165) is 35.0 Å². The van der Waals surface area contributed by atoms with Crippen LogP contribution in [0.1, 0.15) is 28.1 Å². The van der Waals surface area contributed by atoms with E-state index in [0.29, 0.717) is 29.6 Å². The summed E-state index contributed by atoms with van der Waals surface area (Å²) in [5.41, 5.74) is 3.09. The summed E-state index contributed by atoms with van der Waals surface area (Å²) in [6.07, 6.45) is 2.12. The van der Waals surface area contributed by atoms with Crippen LogP contribution in [0.25, 0.3) is 22.2 Å². The number of methoxy groups -OCH3 is 2. The van der Waals surface area contributed by atoms with Crippen LogP contribution in [0.3, 0.4) is 0 Å². The van der Waals surface area contributed by atoms with Crippen molar-refractivity contribution >= 4 is 28.1 Å². The number of fused-ring (bicyclic) bond motifs is 1. The van der Waals surface area contributed by atoms with Gasteiger partial charge in [0.1, 0.15) is 0 Å². The zero-order valence-electron chi connectivity index (χ0n) is 18.1. The second-order valence-electron chi connectivity index (χ2n) is 7.89. The quantitative estimate of drug-likeness (QED) is 0.362. The number of benzene rings is 2. The van der Waals surface area contributed by atoms with Crippen molar-refractivity contribution in [3.63, 3.8) is 0 Å². The molecule has 0 spiro atoms. The minimum absolute atomic E-state index is 0.0567. The molecule has 2 heterocycles. The van der Waals surface area contributed by atoms with E-state index in [1.165, 1.54) is 4.88 Å². The van der Waals surface area contributed by atoms with Crippen LogP contribution in [0.15, 0.2) is 66.0 Å². The Bertz CT molecular complexity index is 1270. The molecule has 5 nitrogen and oxygen atoms in total. The number of thiophene rings is 1. The number of nitrogens with zero attached hydrogens (tertiary/aromatic N) is 2. The number of para-hydroxylation sites is 1. The van der Waals surface area contributed by atoms with Crippen LogP contribution in [0.4, 0.5) is 0 Å². The van der Waals surface area contributed by atoms with Crippen LogP contribution in [0.2, 0.25) is 0 Å². The summed E-state index contributed by atoms with van der Waals surface area (Å²) in [6.45, 7) is 0.642. The third-order valence-electron chi connectivity index (χ3n) is 5.78. The normalized spacial score (nSPS) is 13.2. The first kappa shape index (κ1) is 20.5. The number of carbonyl (C=O) groups is 1. The topological polar surface area (TPSA) is 51.7 Å². The molecule has 5 rings (SSSR count). The maximum absolute atomic E-state index is 13.8. The molecule has 1 saturated carbocycles. The van der Waals surface area contributed by atoms with Crippen LogP contribution >= 0.6 is 11.3 Å². The molecule has 0 atom stereocenters. The molecule has 1 aliphatic carbocycles. The van der Waals surface area contributed by atoms with Crippen LogP contribution < -0.4 is 9.47 Å². The van der Waals surface area contributed by atoms with Crippen LogP contribution in [0.5, 0.6) is 11.5 Å². The number of aromatic nitrogens is 1.